The van der Waals surface area contributed by atoms with Gasteiger partial charge in [0, 0.05) is 22.8 Å². The number of nitrogens with zero attached hydrogens (tertiary/aromatic N) is 1. The van der Waals surface area contributed by atoms with E-state index in [1.54, 1.807) is 4.57 Å². The first-order valence-corrected chi connectivity index (χ1v) is 6.32. The van der Waals surface area contributed by atoms with Gasteiger partial charge in [-0.15, -0.1) is 0 Å². The van der Waals surface area contributed by atoms with Crippen LogP contribution in [0.2, 0.25) is 0 Å². The summed E-state index contributed by atoms with van der Waals surface area (Å²) in [5, 5.41) is 1.09. The minimum atomic E-state index is -0.367. The van der Waals surface area contributed by atoms with Gasteiger partial charge in [0.05, 0.1) is 5.52 Å². The lowest BCUT2D eigenvalue weighted by molar-refractivity contribution is 0.0772. The lowest BCUT2D eigenvalue weighted by Crippen LogP contribution is -2.25. The molecule has 2 aromatic rings. The molecule has 0 amide bonds. The SMILES string of the molecule is CC(C)(C)C(=O)n1ccc2cc(CS)ccc21. The number of hydrogen-bond donors (Lipinski definition) is 1. The molecule has 2 rings (SSSR count). The van der Waals surface area contributed by atoms with Gasteiger partial charge < -0.3 is 0 Å². The lowest BCUT2D eigenvalue weighted by Gasteiger charge is -2.17. The molecule has 0 atom stereocenters. The van der Waals surface area contributed by atoms with Crippen LogP contribution in [0.5, 0.6) is 0 Å². The molecule has 1 aromatic heterocycles. The van der Waals surface area contributed by atoms with Gasteiger partial charge in [-0.2, -0.15) is 12.6 Å². The Hall–Kier alpha value is -1.22. The number of hydrogen-bond acceptors (Lipinski definition) is 2. The molecule has 2 nitrogen and oxygen atoms in total. The molecule has 0 aliphatic carbocycles. The highest BCUT2D eigenvalue weighted by Crippen LogP contribution is 2.23. The van der Waals surface area contributed by atoms with E-state index in [1.807, 2.05) is 45.2 Å². The second-order valence-corrected chi connectivity index (χ2v) is 5.61. The molecule has 0 saturated heterocycles. The first-order chi connectivity index (χ1) is 7.93. The van der Waals surface area contributed by atoms with Gasteiger partial charge in [-0.25, -0.2) is 0 Å². The van der Waals surface area contributed by atoms with Crippen molar-refractivity contribution in [3.05, 3.63) is 36.0 Å². The average Bonchev–Trinajstić information content (AvgIpc) is 2.69. The highest BCUT2D eigenvalue weighted by molar-refractivity contribution is 7.79. The highest BCUT2D eigenvalue weighted by atomic mass is 32.1. The van der Waals surface area contributed by atoms with Crippen molar-refractivity contribution in [1.29, 1.82) is 0 Å². The van der Waals surface area contributed by atoms with Crippen LogP contribution >= 0.6 is 12.6 Å². The highest BCUT2D eigenvalue weighted by Gasteiger charge is 2.23. The lowest BCUT2D eigenvalue weighted by atomic mass is 9.95. The second-order valence-electron chi connectivity index (χ2n) is 5.29. The molecule has 0 fully saturated rings. The van der Waals surface area contributed by atoms with Gasteiger partial charge in [0.25, 0.3) is 0 Å². The number of fused-ring (bicyclic) bond motifs is 1. The fourth-order valence-corrected chi connectivity index (χ4v) is 2.03. The van der Waals surface area contributed by atoms with Crippen LogP contribution in [0.1, 0.15) is 31.1 Å². The normalized spacial score (nSPS) is 12.0. The molecular weight excluding hydrogens is 230 g/mol. The summed E-state index contributed by atoms with van der Waals surface area (Å²) in [6.07, 6.45) is 1.85. The van der Waals surface area contributed by atoms with E-state index in [0.717, 1.165) is 10.9 Å². The topological polar surface area (TPSA) is 22.0 Å². The van der Waals surface area contributed by atoms with E-state index in [9.17, 15) is 4.79 Å². The number of rotatable bonds is 1. The fraction of sp³-hybridized carbons (Fsp3) is 0.357. The van der Waals surface area contributed by atoms with Crippen molar-refractivity contribution in [2.24, 2.45) is 5.41 Å². The first kappa shape index (κ1) is 12.2. The third-order valence-corrected chi connectivity index (χ3v) is 3.16. The van der Waals surface area contributed by atoms with Crippen LogP contribution < -0.4 is 0 Å². The molecule has 17 heavy (non-hydrogen) atoms. The van der Waals surface area contributed by atoms with Crippen LogP contribution in [-0.4, -0.2) is 10.5 Å². The summed E-state index contributed by atoms with van der Waals surface area (Å²) in [4.78, 5) is 12.2. The van der Waals surface area contributed by atoms with E-state index in [0.29, 0.717) is 5.75 Å². The van der Waals surface area contributed by atoms with E-state index in [2.05, 4.69) is 18.7 Å². The maximum Gasteiger partial charge on any atom is 0.236 e. The standard InChI is InChI=1S/C14H17NOS/c1-14(2,3)13(16)15-7-6-11-8-10(9-17)4-5-12(11)15/h4-8,17H,9H2,1-3H3. The molecule has 0 unspecified atom stereocenters. The molecule has 0 aliphatic heterocycles. The van der Waals surface area contributed by atoms with E-state index in [1.165, 1.54) is 5.56 Å². The van der Waals surface area contributed by atoms with E-state index < -0.39 is 0 Å². The van der Waals surface area contributed by atoms with Gasteiger partial charge in [0.15, 0.2) is 0 Å². The van der Waals surface area contributed by atoms with Crippen LogP contribution in [0.15, 0.2) is 30.5 Å². The van der Waals surface area contributed by atoms with Crippen LogP contribution in [-0.2, 0) is 5.75 Å². The van der Waals surface area contributed by atoms with E-state index in [-0.39, 0.29) is 11.3 Å². The summed E-state index contributed by atoms with van der Waals surface area (Å²) in [5.41, 5.74) is 1.77. The third kappa shape index (κ3) is 2.25. The van der Waals surface area contributed by atoms with Crippen molar-refractivity contribution in [2.75, 3.05) is 0 Å². The van der Waals surface area contributed by atoms with Crippen LogP contribution in [0.25, 0.3) is 10.9 Å². The number of aromatic nitrogens is 1. The molecule has 0 saturated carbocycles. The average molecular weight is 247 g/mol. The molecule has 90 valence electrons. The number of carbonyl (C=O) groups is 1. The molecule has 0 spiro atoms. The van der Waals surface area contributed by atoms with Crippen LogP contribution in [0.4, 0.5) is 0 Å². The fourth-order valence-electron chi connectivity index (χ4n) is 1.83. The van der Waals surface area contributed by atoms with Gasteiger partial charge in [-0.3, -0.25) is 9.36 Å². The Morgan fingerprint density at radius 3 is 2.59 bits per heavy atom. The summed E-state index contributed by atoms with van der Waals surface area (Å²) in [7, 11) is 0. The maximum absolute atomic E-state index is 12.2. The van der Waals surface area contributed by atoms with Crippen LogP contribution in [0, 0.1) is 5.41 Å². The zero-order chi connectivity index (χ0) is 12.6. The summed E-state index contributed by atoms with van der Waals surface area (Å²) in [6, 6.07) is 8.06. The van der Waals surface area contributed by atoms with Gasteiger partial charge in [-0.05, 0) is 23.8 Å². The van der Waals surface area contributed by atoms with Crippen LogP contribution in [0.3, 0.4) is 0 Å². The molecule has 0 N–H and O–H groups in total. The van der Waals surface area contributed by atoms with Gasteiger partial charge >= 0.3 is 0 Å². The molecule has 0 radical (unpaired) electrons. The van der Waals surface area contributed by atoms with Gasteiger partial charge in [-0.1, -0.05) is 26.8 Å². The van der Waals surface area contributed by atoms with Crippen molar-refractivity contribution in [2.45, 2.75) is 26.5 Å². The Morgan fingerprint density at radius 1 is 1.29 bits per heavy atom. The van der Waals surface area contributed by atoms with Crippen molar-refractivity contribution in [3.63, 3.8) is 0 Å². The van der Waals surface area contributed by atoms with E-state index in [4.69, 9.17) is 0 Å². The Kier molecular flexibility index (Phi) is 3.04. The number of carbonyl (C=O) groups excluding carboxylic acids is 1. The Labute approximate surface area is 107 Å². The molecule has 0 bridgehead atoms. The van der Waals surface area contributed by atoms with Crippen molar-refractivity contribution >= 4 is 29.4 Å². The second kappa shape index (κ2) is 4.22. The largest absolute Gasteiger partial charge is 0.287 e. The summed E-state index contributed by atoms with van der Waals surface area (Å²) in [5.74, 6) is 0.833. The van der Waals surface area contributed by atoms with Gasteiger partial charge in [0.1, 0.15) is 0 Å². The predicted octanol–water partition coefficient (Wildman–Crippen LogP) is 3.76. The summed E-state index contributed by atoms with van der Waals surface area (Å²) < 4.78 is 1.73. The minimum Gasteiger partial charge on any atom is -0.287 e. The third-order valence-electron chi connectivity index (χ3n) is 2.80. The summed E-state index contributed by atoms with van der Waals surface area (Å²) >= 11 is 4.26. The zero-order valence-electron chi connectivity index (χ0n) is 10.4. The first-order valence-electron chi connectivity index (χ1n) is 5.69. The van der Waals surface area contributed by atoms with Crippen molar-refractivity contribution < 1.29 is 4.79 Å². The van der Waals surface area contributed by atoms with Crippen molar-refractivity contribution in [1.82, 2.24) is 4.57 Å². The van der Waals surface area contributed by atoms with E-state index >= 15 is 0 Å². The van der Waals surface area contributed by atoms with Gasteiger partial charge in [0.2, 0.25) is 5.91 Å². The van der Waals surface area contributed by atoms with Crippen molar-refractivity contribution in [3.8, 4) is 0 Å². The quantitative estimate of drug-likeness (QED) is 0.761. The molecule has 1 aromatic carbocycles. The number of thiol groups is 1. The number of benzene rings is 1. The Morgan fingerprint density at radius 2 is 2.00 bits per heavy atom. The Bertz CT molecular complexity index is 563. The summed E-state index contributed by atoms with van der Waals surface area (Å²) in [6.45, 7) is 5.80. The monoisotopic (exact) mass is 247 g/mol. The maximum atomic E-state index is 12.2. The minimum absolute atomic E-state index is 0.117. The molecular formula is C14H17NOS. The molecule has 3 heteroatoms. The zero-order valence-corrected chi connectivity index (χ0v) is 11.3. The molecule has 1 heterocycles. The predicted molar refractivity (Wildman–Crippen MR) is 74.7 cm³/mol. The smallest absolute Gasteiger partial charge is 0.236 e. The Balaban J connectivity index is 2.54. The molecule has 0 aliphatic rings.